The Balaban J connectivity index is 1.53. The summed E-state index contributed by atoms with van der Waals surface area (Å²) in [5, 5.41) is 10.1. The van der Waals surface area contributed by atoms with E-state index in [4.69, 9.17) is 4.74 Å². The molecule has 0 bridgehead atoms. The maximum absolute atomic E-state index is 12.4. The quantitative estimate of drug-likeness (QED) is 0.727. The lowest BCUT2D eigenvalue weighted by molar-refractivity contribution is -0.135. The third kappa shape index (κ3) is 4.47. The van der Waals surface area contributed by atoms with Crippen LogP contribution in [-0.4, -0.2) is 46.7 Å². The lowest BCUT2D eigenvalue weighted by atomic mass is 10.1. The number of aromatic nitrogens is 2. The van der Waals surface area contributed by atoms with E-state index in [1.54, 1.807) is 6.92 Å². The lowest BCUT2D eigenvalue weighted by Crippen LogP contribution is -2.33. The summed E-state index contributed by atoms with van der Waals surface area (Å²) in [7, 11) is 0. The fourth-order valence-corrected chi connectivity index (χ4v) is 4.14. The first-order valence-electron chi connectivity index (χ1n) is 9.07. The van der Waals surface area contributed by atoms with Crippen molar-refractivity contribution < 1.29 is 19.0 Å². The predicted octanol–water partition coefficient (Wildman–Crippen LogP) is 2.57. The van der Waals surface area contributed by atoms with Crippen LogP contribution < -0.4 is 10.1 Å². The number of carbonyl (C=O) groups is 2. The molecule has 3 heterocycles. The Hall–Kier alpha value is -2.42. The fourth-order valence-electron chi connectivity index (χ4n) is 3.07. The number of carbonyl (C=O) groups excluding carboxylic acids is 2. The van der Waals surface area contributed by atoms with Crippen LogP contribution in [0, 0.1) is 12.8 Å². The van der Waals surface area contributed by atoms with Crippen molar-refractivity contribution in [2.24, 2.45) is 5.92 Å². The first-order valence-corrected chi connectivity index (χ1v) is 9.89. The van der Waals surface area contributed by atoms with E-state index in [2.05, 4.69) is 20.3 Å². The third-order valence-electron chi connectivity index (χ3n) is 4.45. The van der Waals surface area contributed by atoms with Gasteiger partial charge in [0, 0.05) is 17.3 Å². The van der Waals surface area contributed by atoms with Gasteiger partial charge in [0.25, 0.3) is 11.8 Å². The normalized spacial score (nSPS) is 16.7. The minimum absolute atomic E-state index is 0.0168. The smallest absolute Gasteiger partial charge is 0.278 e. The van der Waals surface area contributed by atoms with Gasteiger partial charge in [-0.05, 0) is 37.1 Å². The number of hydrogen-bond acceptors (Lipinski definition) is 7. The van der Waals surface area contributed by atoms with Gasteiger partial charge >= 0.3 is 0 Å². The molecule has 1 fully saturated rings. The van der Waals surface area contributed by atoms with E-state index < -0.39 is 0 Å². The van der Waals surface area contributed by atoms with Gasteiger partial charge in [-0.1, -0.05) is 19.0 Å². The van der Waals surface area contributed by atoms with E-state index >= 15 is 0 Å². The SMILES string of the molecule is Cc1nonc1OCCNC(=O)c1ccc([C@@H]2CCCN2C(=O)C(C)C)s1. The third-order valence-corrected chi connectivity index (χ3v) is 5.63. The standard InChI is InChI=1S/C18H24N4O4S/c1-11(2)18(24)22-9-4-5-13(22)14-6-7-15(27-14)16(23)19-8-10-25-17-12(3)20-26-21-17/h6-7,11,13H,4-5,8-10H2,1-3H3,(H,19,23)/t13-/m0/s1. The molecular formula is C18H24N4O4S. The first kappa shape index (κ1) is 19.3. The van der Waals surface area contributed by atoms with Crippen molar-refractivity contribution in [3.05, 3.63) is 27.6 Å². The number of ether oxygens (including phenoxy) is 1. The second-order valence-corrected chi connectivity index (χ2v) is 7.92. The Morgan fingerprint density at radius 1 is 1.41 bits per heavy atom. The van der Waals surface area contributed by atoms with E-state index in [0.717, 1.165) is 24.3 Å². The summed E-state index contributed by atoms with van der Waals surface area (Å²) in [4.78, 5) is 28.4. The van der Waals surface area contributed by atoms with Gasteiger partial charge in [0.1, 0.15) is 12.3 Å². The van der Waals surface area contributed by atoms with Gasteiger partial charge in [0.2, 0.25) is 5.91 Å². The first-order chi connectivity index (χ1) is 13.0. The van der Waals surface area contributed by atoms with Crippen molar-refractivity contribution >= 4 is 23.2 Å². The number of nitrogens with zero attached hydrogens (tertiary/aromatic N) is 3. The number of amides is 2. The van der Waals surface area contributed by atoms with Crippen molar-refractivity contribution in [1.82, 2.24) is 20.5 Å². The Bertz CT molecular complexity index is 801. The molecule has 0 saturated carbocycles. The lowest BCUT2D eigenvalue weighted by Gasteiger charge is -2.25. The summed E-state index contributed by atoms with van der Waals surface area (Å²) in [5.41, 5.74) is 0.571. The molecule has 1 aliphatic rings. The zero-order valence-corrected chi connectivity index (χ0v) is 16.5. The van der Waals surface area contributed by atoms with Gasteiger partial charge < -0.3 is 15.0 Å². The van der Waals surface area contributed by atoms with Gasteiger partial charge in [-0.25, -0.2) is 4.63 Å². The molecule has 0 unspecified atom stereocenters. The zero-order chi connectivity index (χ0) is 19.4. The summed E-state index contributed by atoms with van der Waals surface area (Å²) >= 11 is 1.45. The zero-order valence-electron chi connectivity index (χ0n) is 15.7. The van der Waals surface area contributed by atoms with E-state index in [0.29, 0.717) is 23.0 Å². The number of hydrogen-bond donors (Lipinski definition) is 1. The molecule has 1 saturated heterocycles. The van der Waals surface area contributed by atoms with Crippen LogP contribution in [-0.2, 0) is 4.79 Å². The summed E-state index contributed by atoms with van der Waals surface area (Å²) < 4.78 is 9.94. The molecule has 1 atom stereocenters. The number of thiophene rings is 1. The van der Waals surface area contributed by atoms with E-state index in [1.807, 2.05) is 30.9 Å². The molecule has 1 aliphatic heterocycles. The van der Waals surface area contributed by atoms with Gasteiger partial charge in [0.05, 0.1) is 17.5 Å². The van der Waals surface area contributed by atoms with Gasteiger partial charge in [-0.15, -0.1) is 11.3 Å². The number of nitrogens with one attached hydrogen (secondary N) is 1. The van der Waals surface area contributed by atoms with Crippen molar-refractivity contribution in [2.75, 3.05) is 19.7 Å². The minimum atomic E-state index is -0.149. The van der Waals surface area contributed by atoms with Crippen LogP contribution in [0.25, 0.3) is 0 Å². The monoisotopic (exact) mass is 392 g/mol. The molecule has 0 spiro atoms. The Kier molecular flexibility index (Phi) is 6.10. The maximum Gasteiger partial charge on any atom is 0.278 e. The second-order valence-electron chi connectivity index (χ2n) is 6.81. The molecule has 2 aromatic heterocycles. The van der Waals surface area contributed by atoms with Crippen LogP contribution in [0.4, 0.5) is 0 Å². The maximum atomic E-state index is 12.4. The molecule has 0 aromatic carbocycles. The Morgan fingerprint density at radius 2 is 2.22 bits per heavy atom. The van der Waals surface area contributed by atoms with Crippen molar-refractivity contribution in [3.8, 4) is 5.88 Å². The summed E-state index contributed by atoms with van der Waals surface area (Å²) in [6.07, 6.45) is 1.94. The molecule has 0 radical (unpaired) electrons. The fraction of sp³-hybridized carbons (Fsp3) is 0.556. The highest BCUT2D eigenvalue weighted by Gasteiger charge is 2.32. The molecule has 2 amide bonds. The van der Waals surface area contributed by atoms with Crippen LogP contribution >= 0.6 is 11.3 Å². The number of likely N-dealkylation sites (tertiary alicyclic amines) is 1. The summed E-state index contributed by atoms with van der Waals surface area (Å²) in [6.45, 7) is 6.98. The molecule has 3 rings (SSSR count). The molecular weight excluding hydrogens is 368 g/mol. The number of rotatable bonds is 7. The van der Waals surface area contributed by atoms with Crippen LogP contribution in [0.15, 0.2) is 16.8 Å². The van der Waals surface area contributed by atoms with Gasteiger partial charge in [-0.3, -0.25) is 9.59 Å². The molecule has 1 N–H and O–H groups in total. The van der Waals surface area contributed by atoms with Crippen LogP contribution in [0.2, 0.25) is 0 Å². The van der Waals surface area contributed by atoms with E-state index in [9.17, 15) is 9.59 Å². The predicted molar refractivity (Wildman–Crippen MR) is 99.7 cm³/mol. The average Bonchev–Trinajstić information content (AvgIpc) is 3.38. The largest absolute Gasteiger partial charge is 0.472 e. The molecule has 146 valence electrons. The highest BCUT2D eigenvalue weighted by atomic mass is 32.1. The second kappa shape index (κ2) is 8.51. The molecule has 0 aliphatic carbocycles. The van der Waals surface area contributed by atoms with E-state index in [-0.39, 0.29) is 30.4 Å². The molecule has 9 heteroatoms. The number of aryl methyl sites for hydroxylation is 1. The van der Waals surface area contributed by atoms with Gasteiger partial charge in [0.15, 0.2) is 0 Å². The van der Waals surface area contributed by atoms with Crippen LogP contribution in [0.3, 0.4) is 0 Å². The van der Waals surface area contributed by atoms with Crippen LogP contribution in [0.5, 0.6) is 5.88 Å². The van der Waals surface area contributed by atoms with Gasteiger partial charge in [-0.2, -0.15) is 0 Å². The average molecular weight is 392 g/mol. The molecule has 2 aromatic rings. The molecule has 8 nitrogen and oxygen atoms in total. The van der Waals surface area contributed by atoms with Crippen molar-refractivity contribution in [1.29, 1.82) is 0 Å². The summed E-state index contributed by atoms with van der Waals surface area (Å²) in [5.74, 6) is 0.340. The van der Waals surface area contributed by atoms with E-state index in [1.165, 1.54) is 11.3 Å². The Labute approximate surface area is 161 Å². The highest BCUT2D eigenvalue weighted by molar-refractivity contribution is 7.14. The van der Waals surface area contributed by atoms with Crippen molar-refractivity contribution in [2.45, 2.75) is 39.7 Å². The molecule has 27 heavy (non-hydrogen) atoms. The minimum Gasteiger partial charge on any atom is -0.472 e. The topological polar surface area (TPSA) is 97.6 Å². The highest BCUT2D eigenvalue weighted by Crippen LogP contribution is 2.36. The summed E-state index contributed by atoms with van der Waals surface area (Å²) in [6, 6.07) is 3.85. The Morgan fingerprint density at radius 3 is 2.93 bits per heavy atom. The van der Waals surface area contributed by atoms with Crippen molar-refractivity contribution in [3.63, 3.8) is 0 Å². The van der Waals surface area contributed by atoms with Crippen LogP contribution in [0.1, 0.15) is 53.0 Å².